The average Bonchev–Trinajstić information content (AvgIpc) is 3.56. The second-order valence-corrected chi connectivity index (χ2v) is 8.80. The number of aromatic nitrogens is 4. The Morgan fingerprint density at radius 2 is 1.22 bits per heavy atom. The van der Waals surface area contributed by atoms with E-state index in [9.17, 15) is 0 Å². The van der Waals surface area contributed by atoms with E-state index in [0.717, 1.165) is 56.0 Å². The maximum Gasteiger partial charge on any atom is 0.145 e. The summed E-state index contributed by atoms with van der Waals surface area (Å²) in [6.45, 7) is 0. The third-order valence-corrected chi connectivity index (χ3v) is 6.63. The summed E-state index contributed by atoms with van der Waals surface area (Å²) in [5.41, 5.74) is 9.68. The first kappa shape index (κ1) is 20.4. The summed E-state index contributed by atoms with van der Waals surface area (Å²) in [5, 5.41) is 0. The van der Waals surface area contributed by atoms with Crippen molar-refractivity contribution in [2.45, 2.75) is 0 Å². The van der Waals surface area contributed by atoms with E-state index < -0.39 is 0 Å². The van der Waals surface area contributed by atoms with E-state index in [-0.39, 0.29) is 0 Å². The zero-order chi connectivity index (χ0) is 23.9. The van der Waals surface area contributed by atoms with Gasteiger partial charge in [-0.3, -0.25) is 9.13 Å². The minimum absolute atomic E-state index is 0.933. The predicted octanol–water partition coefficient (Wildman–Crippen LogP) is 7.70. The van der Waals surface area contributed by atoms with Crippen LogP contribution in [0.1, 0.15) is 0 Å². The van der Waals surface area contributed by atoms with E-state index in [1.54, 1.807) is 0 Å². The smallest absolute Gasteiger partial charge is 0.145 e. The van der Waals surface area contributed by atoms with Gasteiger partial charge in [-0.15, -0.1) is 0 Å². The van der Waals surface area contributed by atoms with Crippen molar-refractivity contribution in [3.8, 4) is 33.9 Å². The highest BCUT2D eigenvalue weighted by Crippen LogP contribution is 2.33. The SMILES string of the molecule is c1ccc(-c2nc3ccccc3n2-c2cccc(-c3ccccc3-n3cnc4ccccc43)c2)cc1. The highest BCUT2D eigenvalue weighted by molar-refractivity contribution is 5.85. The molecule has 7 rings (SSSR count). The lowest BCUT2D eigenvalue weighted by Crippen LogP contribution is -1.99. The number of fused-ring (bicyclic) bond motifs is 2. The molecule has 2 heterocycles. The van der Waals surface area contributed by atoms with Crippen LogP contribution >= 0.6 is 0 Å². The van der Waals surface area contributed by atoms with Crippen LogP contribution in [0.5, 0.6) is 0 Å². The van der Waals surface area contributed by atoms with Gasteiger partial charge in [-0.2, -0.15) is 0 Å². The normalized spacial score (nSPS) is 11.3. The molecule has 4 heteroatoms. The van der Waals surface area contributed by atoms with E-state index in [0.29, 0.717) is 0 Å². The summed E-state index contributed by atoms with van der Waals surface area (Å²) < 4.78 is 4.42. The van der Waals surface area contributed by atoms with E-state index in [1.807, 2.05) is 30.6 Å². The Morgan fingerprint density at radius 1 is 0.528 bits per heavy atom. The van der Waals surface area contributed by atoms with Crippen molar-refractivity contribution >= 4 is 22.1 Å². The third kappa shape index (κ3) is 3.31. The second kappa shape index (κ2) is 8.36. The fraction of sp³-hybridized carbons (Fsp3) is 0. The molecule has 0 spiro atoms. The molecule has 0 aliphatic carbocycles. The molecule has 0 bridgehead atoms. The lowest BCUT2D eigenvalue weighted by atomic mass is 10.0. The Bertz CT molecular complexity index is 1840. The lowest BCUT2D eigenvalue weighted by molar-refractivity contribution is 1.09. The van der Waals surface area contributed by atoms with Gasteiger partial charge in [0.1, 0.15) is 12.2 Å². The average molecular weight is 463 g/mol. The van der Waals surface area contributed by atoms with Crippen LogP contribution in [-0.2, 0) is 0 Å². The van der Waals surface area contributed by atoms with E-state index >= 15 is 0 Å². The van der Waals surface area contributed by atoms with Gasteiger partial charge in [0.25, 0.3) is 0 Å². The molecule has 0 saturated carbocycles. The summed E-state index contributed by atoms with van der Waals surface area (Å²) in [6, 6.07) is 44.1. The van der Waals surface area contributed by atoms with E-state index in [2.05, 4.69) is 117 Å². The minimum atomic E-state index is 0.933. The van der Waals surface area contributed by atoms with Gasteiger partial charge in [-0.1, -0.05) is 84.9 Å². The molecule has 36 heavy (non-hydrogen) atoms. The van der Waals surface area contributed by atoms with Gasteiger partial charge < -0.3 is 0 Å². The number of para-hydroxylation sites is 5. The van der Waals surface area contributed by atoms with Crippen LogP contribution in [0.2, 0.25) is 0 Å². The standard InChI is InChI=1S/C32H22N4/c1-2-11-23(12-3-1)32-34-28-17-6-9-20-31(28)36(32)25-14-10-13-24(21-25)26-15-4-7-18-29(26)35-22-33-27-16-5-8-19-30(27)35/h1-22H. The van der Waals surface area contributed by atoms with Crippen molar-refractivity contribution in [2.24, 2.45) is 0 Å². The Labute approximate surface area is 208 Å². The molecule has 0 amide bonds. The number of nitrogens with zero attached hydrogens (tertiary/aromatic N) is 4. The largest absolute Gasteiger partial charge is 0.298 e. The van der Waals surface area contributed by atoms with Crippen molar-refractivity contribution in [1.29, 1.82) is 0 Å². The topological polar surface area (TPSA) is 35.6 Å². The number of rotatable bonds is 4. The molecule has 0 radical (unpaired) electrons. The summed E-state index contributed by atoms with van der Waals surface area (Å²) in [6.07, 6.45) is 1.91. The van der Waals surface area contributed by atoms with Gasteiger partial charge in [-0.25, -0.2) is 9.97 Å². The summed E-state index contributed by atoms with van der Waals surface area (Å²) >= 11 is 0. The van der Waals surface area contributed by atoms with Crippen LogP contribution < -0.4 is 0 Å². The fourth-order valence-corrected chi connectivity index (χ4v) is 4.96. The summed E-state index contributed by atoms with van der Waals surface area (Å²) in [4.78, 5) is 9.62. The molecule has 0 aliphatic rings. The molecule has 0 fully saturated rings. The monoisotopic (exact) mass is 462 g/mol. The van der Waals surface area contributed by atoms with Crippen molar-refractivity contribution in [2.75, 3.05) is 0 Å². The molecule has 170 valence electrons. The van der Waals surface area contributed by atoms with Crippen LogP contribution in [-0.4, -0.2) is 19.1 Å². The van der Waals surface area contributed by atoms with Gasteiger partial charge in [0, 0.05) is 16.8 Å². The van der Waals surface area contributed by atoms with Crippen molar-refractivity contribution < 1.29 is 0 Å². The van der Waals surface area contributed by atoms with Crippen LogP contribution in [0.15, 0.2) is 134 Å². The first-order chi connectivity index (χ1) is 17.9. The summed E-state index contributed by atoms with van der Waals surface area (Å²) in [7, 11) is 0. The highest BCUT2D eigenvalue weighted by Gasteiger charge is 2.16. The van der Waals surface area contributed by atoms with Gasteiger partial charge in [0.05, 0.1) is 27.8 Å². The number of hydrogen-bond donors (Lipinski definition) is 0. The maximum atomic E-state index is 5.00. The lowest BCUT2D eigenvalue weighted by Gasteiger charge is -2.14. The minimum Gasteiger partial charge on any atom is -0.298 e. The maximum absolute atomic E-state index is 5.00. The molecule has 5 aromatic carbocycles. The number of imidazole rings is 2. The number of benzene rings is 5. The van der Waals surface area contributed by atoms with Crippen LogP contribution in [0.3, 0.4) is 0 Å². The Kier molecular flexibility index (Phi) is 4.74. The molecule has 0 unspecified atom stereocenters. The van der Waals surface area contributed by atoms with Gasteiger partial charge in [0.2, 0.25) is 0 Å². The van der Waals surface area contributed by atoms with Gasteiger partial charge in [0.15, 0.2) is 0 Å². The molecule has 0 N–H and O–H groups in total. The molecule has 7 aromatic rings. The quantitative estimate of drug-likeness (QED) is 0.269. The summed E-state index contributed by atoms with van der Waals surface area (Å²) in [5.74, 6) is 0.933. The van der Waals surface area contributed by atoms with Gasteiger partial charge in [-0.05, 0) is 48.0 Å². The molecular weight excluding hydrogens is 440 g/mol. The zero-order valence-electron chi connectivity index (χ0n) is 19.5. The fourth-order valence-electron chi connectivity index (χ4n) is 4.96. The zero-order valence-corrected chi connectivity index (χ0v) is 19.5. The van der Waals surface area contributed by atoms with E-state index in [4.69, 9.17) is 4.98 Å². The van der Waals surface area contributed by atoms with Crippen LogP contribution in [0.4, 0.5) is 0 Å². The number of hydrogen-bond acceptors (Lipinski definition) is 2. The molecule has 0 aliphatic heterocycles. The van der Waals surface area contributed by atoms with Crippen LogP contribution in [0.25, 0.3) is 56.0 Å². The Balaban J connectivity index is 1.43. The predicted molar refractivity (Wildman–Crippen MR) is 147 cm³/mol. The highest BCUT2D eigenvalue weighted by atomic mass is 15.1. The molecular formula is C32H22N4. The van der Waals surface area contributed by atoms with Gasteiger partial charge >= 0.3 is 0 Å². The third-order valence-electron chi connectivity index (χ3n) is 6.63. The Morgan fingerprint density at radius 3 is 2.11 bits per heavy atom. The first-order valence-electron chi connectivity index (χ1n) is 12.0. The van der Waals surface area contributed by atoms with Crippen molar-refractivity contribution in [3.05, 3.63) is 134 Å². The van der Waals surface area contributed by atoms with E-state index in [1.165, 1.54) is 0 Å². The second-order valence-electron chi connectivity index (χ2n) is 8.80. The molecule has 0 atom stereocenters. The molecule has 4 nitrogen and oxygen atoms in total. The molecule has 2 aromatic heterocycles. The van der Waals surface area contributed by atoms with Crippen LogP contribution in [0, 0.1) is 0 Å². The van der Waals surface area contributed by atoms with Crippen molar-refractivity contribution in [3.63, 3.8) is 0 Å². The van der Waals surface area contributed by atoms with Crippen molar-refractivity contribution in [1.82, 2.24) is 19.1 Å². The Hall–Kier alpha value is -4.96. The first-order valence-corrected chi connectivity index (χ1v) is 12.0. The molecule has 0 saturated heterocycles.